The van der Waals surface area contributed by atoms with E-state index in [-0.39, 0.29) is 0 Å². The summed E-state index contributed by atoms with van der Waals surface area (Å²) in [4.78, 5) is 4.43. The molecule has 0 radical (unpaired) electrons. The second-order valence-corrected chi connectivity index (χ2v) is 8.94. The van der Waals surface area contributed by atoms with E-state index in [0.29, 0.717) is 5.92 Å². The van der Waals surface area contributed by atoms with Gasteiger partial charge in [-0.2, -0.15) is 0 Å². The maximum Gasteiger partial charge on any atom is 0.0625 e. The molecule has 2 nitrogen and oxygen atoms in total. The van der Waals surface area contributed by atoms with Crippen LogP contribution in [0, 0.1) is 29.6 Å². The van der Waals surface area contributed by atoms with Gasteiger partial charge in [-0.1, -0.05) is 30.7 Å². The fraction of sp³-hybridized carbons (Fsp3) is 0.480. The van der Waals surface area contributed by atoms with Crippen molar-refractivity contribution in [2.24, 2.45) is 34.6 Å². The lowest BCUT2D eigenvalue weighted by atomic mass is 9.67. The summed E-state index contributed by atoms with van der Waals surface area (Å²) in [5.41, 5.74) is 10.8. The molecular weight excluding hydrogens is 328 g/mol. The lowest BCUT2D eigenvalue weighted by Gasteiger charge is -2.37. The van der Waals surface area contributed by atoms with Gasteiger partial charge in [0.2, 0.25) is 0 Å². The molecule has 6 unspecified atom stereocenters. The number of rotatable bonds is 4. The first-order valence-electron chi connectivity index (χ1n) is 10.7. The fourth-order valence-electron chi connectivity index (χ4n) is 6.81. The second-order valence-electron chi connectivity index (χ2n) is 8.94. The summed E-state index contributed by atoms with van der Waals surface area (Å²) in [5, 5.41) is 0. The molecule has 3 fully saturated rings. The van der Waals surface area contributed by atoms with E-state index in [9.17, 15) is 0 Å². The zero-order valence-corrected chi connectivity index (χ0v) is 16.2. The predicted molar refractivity (Wildman–Crippen MR) is 114 cm³/mol. The Morgan fingerprint density at radius 2 is 1.56 bits per heavy atom. The van der Waals surface area contributed by atoms with Crippen molar-refractivity contribution in [3.8, 4) is 0 Å². The third-order valence-corrected chi connectivity index (χ3v) is 7.73. The van der Waals surface area contributed by atoms with E-state index < -0.39 is 0 Å². The van der Waals surface area contributed by atoms with E-state index in [1.54, 1.807) is 0 Å². The maximum atomic E-state index is 5.99. The van der Waals surface area contributed by atoms with Crippen LogP contribution in [0.5, 0.6) is 0 Å². The monoisotopic (exact) mass is 358 g/mol. The molecule has 2 aromatic rings. The van der Waals surface area contributed by atoms with Gasteiger partial charge < -0.3 is 5.73 Å². The summed E-state index contributed by atoms with van der Waals surface area (Å²) in [6.45, 7) is 1.97. The molecule has 0 aliphatic heterocycles. The number of benzene rings is 2. The Bertz CT molecular complexity index is 820. The highest BCUT2D eigenvalue weighted by Crippen LogP contribution is 2.64. The molecule has 2 N–H and O–H groups in total. The van der Waals surface area contributed by atoms with Crippen LogP contribution in [0.3, 0.4) is 0 Å². The van der Waals surface area contributed by atoms with Crippen molar-refractivity contribution < 1.29 is 0 Å². The van der Waals surface area contributed by atoms with Gasteiger partial charge >= 0.3 is 0 Å². The van der Waals surface area contributed by atoms with Crippen LogP contribution in [0.4, 0.5) is 11.4 Å². The first kappa shape index (κ1) is 17.0. The van der Waals surface area contributed by atoms with Crippen molar-refractivity contribution in [1.82, 2.24) is 0 Å². The number of anilines is 1. The van der Waals surface area contributed by atoms with E-state index in [1.807, 2.05) is 13.1 Å². The summed E-state index contributed by atoms with van der Waals surface area (Å²) in [6, 6.07) is 17.6. The van der Waals surface area contributed by atoms with Gasteiger partial charge in [0, 0.05) is 17.8 Å². The number of hydrogen-bond acceptors (Lipinski definition) is 2. The normalized spacial score (nSPS) is 32.9. The molecule has 3 aliphatic rings. The van der Waals surface area contributed by atoms with Crippen LogP contribution in [-0.2, 0) is 0 Å². The van der Waals surface area contributed by atoms with E-state index >= 15 is 0 Å². The van der Waals surface area contributed by atoms with Crippen LogP contribution < -0.4 is 5.73 Å². The molecular formula is C25H30N2. The van der Waals surface area contributed by atoms with Crippen molar-refractivity contribution in [2.75, 3.05) is 5.73 Å². The summed E-state index contributed by atoms with van der Waals surface area (Å²) >= 11 is 0. The number of nitrogen functional groups attached to an aromatic ring is 1. The predicted octanol–water partition coefficient (Wildman–Crippen LogP) is 6.20. The Morgan fingerprint density at radius 1 is 0.889 bits per heavy atom. The van der Waals surface area contributed by atoms with E-state index in [1.165, 1.54) is 43.2 Å². The van der Waals surface area contributed by atoms with E-state index in [4.69, 9.17) is 5.73 Å². The van der Waals surface area contributed by atoms with Crippen LogP contribution >= 0.6 is 0 Å². The number of hydrogen-bond donors (Lipinski definition) is 1. The SMILES string of the molecule is C/C=N/c1ccc(C(c2ccc(N)cc2)C2CC3CC2C2CCCC32)cc1. The van der Waals surface area contributed by atoms with E-state index in [0.717, 1.165) is 41.0 Å². The number of nitrogens with zero attached hydrogens (tertiary/aromatic N) is 1. The molecule has 3 saturated carbocycles. The summed E-state index contributed by atoms with van der Waals surface area (Å²) in [6.07, 6.45) is 9.18. The minimum Gasteiger partial charge on any atom is -0.399 e. The van der Waals surface area contributed by atoms with Gasteiger partial charge in [-0.3, -0.25) is 4.99 Å². The minimum atomic E-state index is 0.488. The highest BCUT2D eigenvalue weighted by molar-refractivity contribution is 5.60. The molecule has 0 amide bonds. The minimum absolute atomic E-state index is 0.488. The smallest absolute Gasteiger partial charge is 0.0625 e. The highest BCUT2D eigenvalue weighted by Gasteiger charge is 2.55. The molecule has 0 spiro atoms. The van der Waals surface area contributed by atoms with Crippen LogP contribution in [0.1, 0.15) is 56.1 Å². The second kappa shape index (κ2) is 6.82. The Hall–Kier alpha value is -2.09. The molecule has 3 aliphatic carbocycles. The Morgan fingerprint density at radius 3 is 2.26 bits per heavy atom. The zero-order valence-electron chi connectivity index (χ0n) is 16.2. The van der Waals surface area contributed by atoms with Crippen LogP contribution in [0.2, 0.25) is 0 Å². The molecule has 2 heteroatoms. The Kier molecular flexibility index (Phi) is 4.30. The van der Waals surface area contributed by atoms with Gasteiger partial charge in [-0.15, -0.1) is 0 Å². The molecule has 2 aromatic carbocycles. The Labute approximate surface area is 162 Å². The van der Waals surface area contributed by atoms with Gasteiger partial charge in [-0.25, -0.2) is 0 Å². The average molecular weight is 359 g/mol. The third-order valence-electron chi connectivity index (χ3n) is 7.73. The quantitative estimate of drug-likeness (QED) is 0.513. The highest BCUT2D eigenvalue weighted by atomic mass is 14.7. The molecule has 5 rings (SSSR count). The molecule has 0 aromatic heterocycles. The van der Waals surface area contributed by atoms with Gasteiger partial charge in [0.25, 0.3) is 0 Å². The van der Waals surface area contributed by atoms with Crippen LogP contribution in [0.15, 0.2) is 53.5 Å². The molecule has 140 valence electrons. The van der Waals surface area contributed by atoms with E-state index in [2.05, 4.69) is 53.5 Å². The average Bonchev–Trinajstić information content (AvgIpc) is 3.38. The Balaban J connectivity index is 1.52. The van der Waals surface area contributed by atoms with Gasteiger partial charge in [0.1, 0.15) is 0 Å². The molecule has 0 heterocycles. The van der Waals surface area contributed by atoms with Gasteiger partial charge in [0.15, 0.2) is 0 Å². The number of fused-ring (bicyclic) bond motifs is 5. The fourth-order valence-corrected chi connectivity index (χ4v) is 6.81. The lowest BCUT2D eigenvalue weighted by molar-refractivity contribution is 0.175. The maximum absolute atomic E-state index is 5.99. The lowest BCUT2D eigenvalue weighted by Crippen LogP contribution is -2.29. The van der Waals surface area contributed by atoms with Gasteiger partial charge in [-0.05, 0) is 97.6 Å². The van der Waals surface area contributed by atoms with Crippen molar-refractivity contribution in [2.45, 2.75) is 44.9 Å². The number of nitrogens with two attached hydrogens (primary N) is 1. The molecule has 0 saturated heterocycles. The molecule has 27 heavy (non-hydrogen) atoms. The topological polar surface area (TPSA) is 38.4 Å². The first-order chi connectivity index (χ1) is 13.2. The summed E-state index contributed by atoms with van der Waals surface area (Å²) in [7, 11) is 0. The largest absolute Gasteiger partial charge is 0.399 e. The van der Waals surface area contributed by atoms with Crippen LogP contribution in [-0.4, -0.2) is 6.21 Å². The van der Waals surface area contributed by atoms with Crippen molar-refractivity contribution in [3.05, 3.63) is 59.7 Å². The van der Waals surface area contributed by atoms with Crippen molar-refractivity contribution >= 4 is 17.6 Å². The van der Waals surface area contributed by atoms with Gasteiger partial charge in [0.05, 0.1) is 5.69 Å². The summed E-state index contributed by atoms with van der Waals surface area (Å²) in [5.74, 6) is 5.19. The van der Waals surface area contributed by atoms with Crippen molar-refractivity contribution in [3.63, 3.8) is 0 Å². The number of aliphatic imine (C=N–C) groups is 1. The first-order valence-corrected chi connectivity index (χ1v) is 10.7. The zero-order chi connectivity index (χ0) is 18.4. The standard InChI is InChI=1S/C25H30N2/c1-2-27-20-12-8-17(9-13-20)25(16-6-10-19(26)11-7-16)24-15-18-14-23(24)22-5-3-4-21(18)22/h2,6-13,18,21-25H,3-5,14-15,26H2,1H3/b27-2+. The molecule has 6 atom stereocenters. The molecule has 2 bridgehead atoms. The van der Waals surface area contributed by atoms with Crippen molar-refractivity contribution in [1.29, 1.82) is 0 Å². The summed E-state index contributed by atoms with van der Waals surface area (Å²) < 4.78 is 0. The third kappa shape index (κ3) is 2.90. The van der Waals surface area contributed by atoms with Crippen LogP contribution in [0.25, 0.3) is 0 Å².